The highest BCUT2D eigenvalue weighted by Gasteiger charge is 2.46. The van der Waals surface area contributed by atoms with E-state index in [1.807, 2.05) is 6.92 Å². The molecular formula is C29H24FN3O5S3. The quantitative estimate of drug-likeness (QED) is 0.0812. The zero-order valence-corrected chi connectivity index (χ0v) is 24.2. The molecule has 12 heteroatoms. The van der Waals surface area contributed by atoms with Gasteiger partial charge in [-0.15, -0.1) is 21.5 Å². The van der Waals surface area contributed by atoms with Crippen molar-refractivity contribution in [3.05, 3.63) is 106 Å². The van der Waals surface area contributed by atoms with E-state index >= 15 is 0 Å². The predicted molar refractivity (Wildman–Crippen MR) is 158 cm³/mol. The molecule has 1 amide bonds. The van der Waals surface area contributed by atoms with Gasteiger partial charge in [0.2, 0.25) is 10.9 Å². The summed E-state index contributed by atoms with van der Waals surface area (Å²) in [6.07, 6.45) is 1.61. The summed E-state index contributed by atoms with van der Waals surface area (Å²) >= 11 is 3.59. The van der Waals surface area contributed by atoms with E-state index in [2.05, 4.69) is 16.8 Å². The molecule has 3 heterocycles. The summed E-state index contributed by atoms with van der Waals surface area (Å²) < 4.78 is 26.1. The van der Waals surface area contributed by atoms with Crippen molar-refractivity contribution in [1.82, 2.24) is 10.2 Å². The summed E-state index contributed by atoms with van der Waals surface area (Å²) in [6.45, 7) is 6.11. The number of hydrogen-bond acceptors (Lipinski definition) is 10. The van der Waals surface area contributed by atoms with Gasteiger partial charge in [0.05, 0.1) is 23.1 Å². The highest BCUT2D eigenvalue weighted by molar-refractivity contribution is 8.00. The molecule has 1 unspecified atom stereocenters. The molecule has 0 aliphatic carbocycles. The Hall–Kier alpha value is -4.00. The summed E-state index contributed by atoms with van der Waals surface area (Å²) in [5, 5.41) is 21.4. The molecule has 1 aliphatic heterocycles. The van der Waals surface area contributed by atoms with Crippen molar-refractivity contribution in [3.63, 3.8) is 0 Å². The average molecular weight is 610 g/mol. The van der Waals surface area contributed by atoms with Gasteiger partial charge < -0.3 is 14.6 Å². The molecule has 210 valence electrons. The maximum atomic E-state index is 14.1. The molecule has 0 radical (unpaired) electrons. The third kappa shape index (κ3) is 5.90. The number of thiophene rings is 1. The third-order valence-electron chi connectivity index (χ3n) is 6.05. The molecular weight excluding hydrogens is 586 g/mol. The first-order valence-corrected chi connectivity index (χ1v) is 15.2. The molecule has 0 saturated heterocycles. The SMILES string of the molecule is C=CCOc1ccc(C2C(C(=O)c3cccs3)=C(O)C(=O)N2c2nnc(SCc3ccccc3F)s2)cc1OCC. The van der Waals surface area contributed by atoms with E-state index in [4.69, 9.17) is 9.47 Å². The smallest absolute Gasteiger partial charge is 0.296 e. The Morgan fingerprint density at radius 2 is 2.00 bits per heavy atom. The van der Waals surface area contributed by atoms with Crippen molar-refractivity contribution in [2.45, 2.75) is 23.1 Å². The number of benzene rings is 2. The van der Waals surface area contributed by atoms with Crippen LogP contribution in [0.2, 0.25) is 0 Å². The zero-order chi connectivity index (χ0) is 28.9. The fraction of sp³-hybridized carbons (Fsp3) is 0.172. The van der Waals surface area contributed by atoms with E-state index in [-0.39, 0.29) is 23.1 Å². The van der Waals surface area contributed by atoms with E-state index in [1.165, 1.54) is 34.1 Å². The van der Waals surface area contributed by atoms with Gasteiger partial charge in [-0.05, 0) is 47.7 Å². The monoisotopic (exact) mass is 609 g/mol. The molecule has 5 rings (SSSR count). The third-order valence-corrected chi connectivity index (χ3v) is 9.02. The molecule has 0 spiro atoms. The van der Waals surface area contributed by atoms with Crippen molar-refractivity contribution in [2.75, 3.05) is 18.1 Å². The van der Waals surface area contributed by atoms with Gasteiger partial charge in [0.25, 0.3) is 5.91 Å². The highest BCUT2D eigenvalue weighted by atomic mass is 32.2. The van der Waals surface area contributed by atoms with E-state index in [1.54, 1.807) is 60.0 Å². The number of aliphatic hydroxyl groups excluding tert-OH is 1. The Kier molecular flexibility index (Phi) is 8.81. The summed E-state index contributed by atoms with van der Waals surface area (Å²) in [4.78, 5) is 28.8. The number of aliphatic hydroxyl groups is 1. The lowest BCUT2D eigenvalue weighted by molar-refractivity contribution is -0.117. The predicted octanol–water partition coefficient (Wildman–Crippen LogP) is 6.78. The van der Waals surface area contributed by atoms with Gasteiger partial charge in [-0.25, -0.2) is 4.39 Å². The maximum Gasteiger partial charge on any atom is 0.296 e. The molecule has 0 fully saturated rings. The number of Topliss-reactive ketones (excluding diaryl/α,β-unsaturated/α-hetero) is 1. The number of nitrogens with zero attached hydrogens (tertiary/aromatic N) is 3. The minimum Gasteiger partial charge on any atom is -0.503 e. The lowest BCUT2D eigenvalue weighted by Gasteiger charge is -2.25. The molecule has 4 aromatic rings. The van der Waals surface area contributed by atoms with Gasteiger partial charge >= 0.3 is 0 Å². The van der Waals surface area contributed by atoms with Crippen molar-refractivity contribution in [1.29, 1.82) is 0 Å². The van der Waals surface area contributed by atoms with E-state index in [0.29, 0.717) is 44.2 Å². The number of rotatable bonds is 12. The largest absolute Gasteiger partial charge is 0.503 e. The molecule has 8 nitrogen and oxygen atoms in total. The van der Waals surface area contributed by atoms with Crippen LogP contribution in [0.4, 0.5) is 9.52 Å². The first kappa shape index (κ1) is 28.5. The molecule has 0 saturated carbocycles. The summed E-state index contributed by atoms with van der Waals surface area (Å²) in [5.74, 6) is -1.04. The van der Waals surface area contributed by atoms with Gasteiger partial charge in [-0.2, -0.15) is 0 Å². The van der Waals surface area contributed by atoms with Crippen LogP contribution in [-0.2, 0) is 10.5 Å². The van der Waals surface area contributed by atoms with Crippen LogP contribution >= 0.6 is 34.4 Å². The van der Waals surface area contributed by atoms with Crippen molar-refractivity contribution >= 4 is 51.3 Å². The lowest BCUT2D eigenvalue weighted by Crippen LogP contribution is -2.31. The Morgan fingerprint density at radius 1 is 1.17 bits per heavy atom. The molecule has 0 bridgehead atoms. The van der Waals surface area contributed by atoms with Crippen molar-refractivity contribution < 1.29 is 28.6 Å². The number of ether oxygens (including phenoxy) is 2. The molecule has 41 heavy (non-hydrogen) atoms. The fourth-order valence-corrected chi connectivity index (χ4v) is 6.77. The molecule has 2 aromatic carbocycles. The number of hydrogen-bond donors (Lipinski definition) is 1. The van der Waals surface area contributed by atoms with E-state index in [9.17, 15) is 19.1 Å². The first-order chi connectivity index (χ1) is 19.9. The molecule has 1 aliphatic rings. The van der Waals surface area contributed by atoms with E-state index in [0.717, 1.165) is 11.3 Å². The fourth-order valence-electron chi connectivity index (χ4n) is 4.23. The van der Waals surface area contributed by atoms with Crippen LogP contribution in [0.1, 0.15) is 33.8 Å². The molecule has 2 aromatic heterocycles. The van der Waals surface area contributed by atoms with Crippen LogP contribution in [0, 0.1) is 5.82 Å². The zero-order valence-electron chi connectivity index (χ0n) is 21.8. The van der Waals surface area contributed by atoms with Gasteiger partial charge in [-0.1, -0.05) is 66.1 Å². The maximum absolute atomic E-state index is 14.1. The average Bonchev–Trinajstić information content (AvgIpc) is 3.73. The Morgan fingerprint density at radius 3 is 2.73 bits per heavy atom. The number of thioether (sulfide) groups is 1. The van der Waals surface area contributed by atoms with Crippen LogP contribution in [0.3, 0.4) is 0 Å². The Bertz CT molecular complexity index is 1620. The highest BCUT2D eigenvalue weighted by Crippen LogP contribution is 2.45. The summed E-state index contributed by atoms with van der Waals surface area (Å²) in [6, 6.07) is 13.9. The van der Waals surface area contributed by atoms with Crippen LogP contribution in [0.5, 0.6) is 11.5 Å². The van der Waals surface area contributed by atoms with Crippen LogP contribution < -0.4 is 14.4 Å². The number of halogens is 1. The lowest BCUT2D eigenvalue weighted by atomic mass is 9.95. The second-order valence-corrected chi connectivity index (χ2v) is 11.7. The van der Waals surface area contributed by atoms with Crippen molar-refractivity contribution in [3.8, 4) is 11.5 Å². The number of amides is 1. The van der Waals surface area contributed by atoms with Gasteiger partial charge in [0.15, 0.2) is 21.6 Å². The van der Waals surface area contributed by atoms with E-state index < -0.39 is 23.5 Å². The van der Waals surface area contributed by atoms with Crippen LogP contribution in [0.25, 0.3) is 0 Å². The number of anilines is 1. The second-order valence-electron chi connectivity index (χ2n) is 8.62. The topological polar surface area (TPSA) is 102 Å². The normalized spacial score (nSPS) is 14.9. The minimum atomic E-state index is -1.01. The number of carbonyl (C=O) groups is 2. The van der Waals surface area contributed by atoms with Gasteiger partial charge in [0.1, 0.15) is 12.4 Å². The second kappa shape index (κ2) is 12.7. The summed E-state index contributed by atoms with van der Waals surface area (Å²) in [5.41, 5.74) is 0.942. The molecule has 1 N–H and O–H groups in total. The Labute approximate surface area is 247 Å². The summed E-state index contributed by atoms with van der Waals surface area (Å²) in [7, 11) is 0. The van der Waals surface area contributed by atoms with Crippen molar-refractivity contribution in [2.24, 2.45) is 0 Å². The van der Waals surface area contributed by atoms with Gasteiger partial charge in [0, 0.05) is 5.75 Å². The standard InChI is InChI=1S/C29H24FN3O5S3/c1-3-13-38-20-12-11-17(15-21(20)37-4-2)24-23(25(34)22-10-7-14-39-22)26(35)27(36)33(24)28-31-32-29(41-28)40-16-18-8-5-6-9-19(18)30/h3,5-12,14-15,24,35H,1,4,13,16H2,2H3. The molecule has 1 atom stereocenters. The number of carbonyl (C=O) groups excluding carboxylic acids is 2. The Balaban J connectivity index is 1.53. The number of ketones is 1. The first-order valence-electron chi connectivity index (χ1n) is 12.5. The minimum absolute atomic E-state index is 0.0737. The number of aromatic nitrogens is 2. The van der Waals surface area contributed by atoms with Crippen LogP contribution in [0.15, 0.2) is 88.3 Å². The van der Waals surface area contributed by atoms with Crippen LogP contribution in [-0.4, -0.2) is 40.2 Å². The van der Waals surface area contributed by atoms with Gasteiger partial charge in [-0.3, -0.25) is 14.5 Å².